The molecule has 2 aromatic rings. The second-order valence-electron chi connectivity index (χ2n) is 6.30. The van der Waals surface area contributed by atoms with Gasteiger partial charge in [0.15, 0.2) is 0 Å². The summed E-state index contributed by atoms with van der Waals surface area (Å²) in [5.41, 5.74) is 9.54. The fourth-order valence-corrected chi connectivity index (χ4v) is 3.38. The first kappa shape index (κ1) is 16.2. The van der Waals surface area contributed by atoms with Gasteiger partial charge < -0.3 is 16.0 Å². The number of nitrogens with zero attached hydrogens (tertiary/aromatic N) is 1. The Bertz CT molecular complexity index is 801. The number of rotatable bonds is 3. The number of nitrogens with two attached hydrogens (primary N) is 1. The molecule has 1 unspecified atom stereocenters. The molecule has 0 saturated carbocycles. The molecule has 0 aromatic heterocycles. The lowest BCUT2D eigenvalue weighted by molar-refractivity contribution is -0.118. The molecule has 1 atom stereocenters. The molecular formula is C19H21N3O2. The van der Waals surface area contributed by atoms with Crippen LogP contribution in [0.25, 0.3) is 0 Å². The summed E-state index contributed by atoms with van der Waals surface area (Å²) in [6, 6.07) is 12.9. The molecule has 24 heavy (non-hydrogen) atoms. The van der Waals surface area contributed by atoms with Gasteiger partial charge in [-0.15, -0.1) is 0 Å². The summed E-state index contributed by atoms with van der Waals surface area (Å²) in [5.74, 6) is -0.949. The number of primary amides is 1. The molecule has 0 radical (unpaired) electrons. The van der Waals surface area contributed by atoms with Crippen LogP contribution >= 0.6 is 0 Å². The van der Waals surface area contributed by atoms with Crippen LogP contribution in [-0.4, -0.2) is 30.3 Å². The van der Waals surface area contributed by atoms with Gasteiger partial charge in [0.1, 0.15) is 0 Å². The average molecular weight is 323 g/mol. The molecule has 124 valence electrons. The van der Waals surface area contributed by atoms with Crippen LogP contribution in [0.15, 0.2) is 42.5 Å². The van der Waals surface area contributed by atoms with Gasteiger partial charge in [0.25, 0.3) is 5.91 Å². The lowest BCUT2D eigenvalue weighted by atomic mass is 9.86. The van der Waals surface area contributed by atoms with Crippen molar-refractivity contribution in [2.24, 2.45) is 5.73 Å². The number of hydrogen-bond donors (Lipinski definition) is 2. The number of carbonyl (C=O) groups is 2. The topological polar surface area (TPSA) is 75.4 Å². The Balaban J connectivity index is 1.93. The minimum absolute atomic E-state index is 0.120. The van der Waals surface area contributed by atoms with Gasteiger partial charge >= 0.3 is 0 Å². The van der Waals surface area contributed by atoms with Gasteiger partial charge in [-0.05, 0) is 42.8 Å². The molecule has 5 nitrogen and oxygen atoms in total. The lowest BCUT2D eigenvalue weighted by Gasteiger charge is -2.32. The van der Waals surface area contributed by atoms with Gasteiger partial charge in [-0.2, -0.15) is 0 Å². The maximum absolute atomic E-state index is 12.9. The van der Waals surface area contributed by atoms with Gasteiger partial charge in [-0.1, -0.05) is 30.3 Å². The summed E-state index contributed by atoms with van der Waals surface area (Å²) in [7, 11) is 2.00. The molecule has 2 aromatic carbocycles. The molecule has 3 rings (SSSR count). The summed E-state index contributed by atoms with van der Waals surface area (Å²) >= 11 is 0. The minimum atomic E-state index is -0.553. The molecule has 5 heteroatoms. The van der Waals surface area contributed by atoms with Crippen LogP contribution in [-0.2, 0) is 11.3 Å². The molecule has 1 aliphatic heterocycles. The fraction of sp³-hybridized carbons (Fsp3) is 0.263. The zero-order valence-corrected chi connectivity index (χ0v) is 13.9. The van der Waals surface area contributed by atoms with Gasteiger partial charge in [0.2, 0.25) is 5.91 Å². The number of nitrogens with one attached hydrogen (secondary N) is 1. The van der Waals surface area contributed by atoms with E-state index in [0.29, 0.717) is 17.8 Å². The maximum atomic E-state index is 12.9. The molecule has 0 spiro atoms. The predicted molar refractivity (Wildman–Crippen MR) is 93.8 cm³/mol. The monoisotopic (exact) mass is 323 g/mol. The summed E-state index contributed by atoms with van der Waals surface area (Å²) in [5, 5.41) is 2.88. The summed E-state index contributed by atoms with van der Waals surface area (Å²) in [6.07, 6.45) is 0. The quantitative estimate of drug-likeness (QED) is 0.910. The number of hydrogen-bond acceptors (Lipinski definition) is 3. The third kappa shape index (κ3) is 3.03. The Labute approximate surface area is 141 Å². The van der Waals surface area contributed by atoms with Crippen molar-refractivity contribution in [3.05, 3.63) is 64.7 Å². The van der Waals surface area contributed by atoms with E-state index in [1.54, 1.807) is 24.3 Å². The normalized spacial score (nSPS) is 17.2. The van der Waals surface area contributed by atoms with Crippen LogP contribution < -0.4 is 11.1 Å². The summed E-state index contributed by atoms with van der Waals surface area (Å²) in [4.78, 5) is 26.6. The molecule has 0 saturated heterocycles. The van der Waals surface area contributed by atoms with E-state index in [0.717, 1.165) is 17.7 Å². The van der Waals surface area contributed by atoms with E-state index in [-0.39, 0.29) is 11.8 Å². The minimum Gasteiger partial charge on any atom is -0.366 e. The predicted octanol–water partition coefficient (Wildman–Crippen LogP) is 2.26. The van der Waals surface area contributed by atoms with Crippen molar-refractivity contribution in [1.29, 1.82) is 0 Å². The Morgan fingerprint density at radius 2 is 1.92 bits per heavy atom. The van der Waals surface area contributed by atoms with Crippen molar-refractivity contribution in [3.8, 4) is 0 Å². The second kappa shape index (κ2) is 6.45. The van der Waals surface area contributed by atoms with Crippen molar-refractivity contribution < 1.29 is 9.59 Å². The molecule has 3 N–H and O–H groups in total. The van der Waals surface area contributed by atoms with E-state index >= 15 is 0 Å². The van der Waals surface area contributed by atoms with Crippen molar-refractivity contribution in [2.75, 3.05) is 18.9 Å². The largest absolute Gasteiger partial charge is 0.366 e. The molecule has 1 aliphatic rings. The van der Waals surface area contributed by atoms with Crippen molar-refractivity contribution in [1.82, 2.24) is 4.90 Å². The number of likely N-dealkylation sites (N-methyl/N-ethyl adjacent to an activating group) is 1. The van der Waals surface area contributed by atoms with Gasteiger partial charge in [0, 0.05) is 13.1 Å². The number of benzene rings is 2. The lowest BCUT2D eigenvalue weighted by Crippen LogP contribution is -2.37. The van der Waals surface area contributed by atoms with Gasteiger partial charge in [0.05, 0.1) is 17.2 Å². The third-order valence-corrected chi connectivity index (χ3v) is 4.46. The van der Waals surface area contributed by atoms with Crippen LogP contribution in [0.5, 0.6) is 0 Å². The molecule has 0 aliphatic carbocycles. The van der Waals surface area contributed by atoms with E-state index in [1.807, 2.05) is 26.1 Å². The van der Waals surface area contributed by atoms with E-state index in [4.69, 9.17) is 5.73 Å². The van der Waals surface area contributed by atoms with Gasteiger partial charge in [-0.25, -0.2) is 0 Å². The number of carbonyl (C=O) groups excluding carboxylic acids is 2. The van der Waals surface area contributed by atoms with E-state index < -0.39 is 5.91 Å². The van der Waals surface area contributed by atoms with E-state index in [9.17, 15) is 9.59 Å². The molecule has 0 bridgehead atoms. The first-order valence-corrected chi connectivity index (χ1v) is 7.94. The van der Waals surface area contributed by atoms with Gasteiger partial charge in [-0.3, -0.25) is 9.59 Å². The standard InChI is InChI=1S/C19H21N3O2/c1-12-6-5-7-13-10-22(2)11-15(17(12)13)19(24)21-16-9-4-3-8-14(16)18(20)23/h3-9,15H,10-11H2,1-2H3,(H2,20,23)(H,21,24). The smallest absolute Gasteiger partial charge is 0.250 e. The van der Waals surface area contributed by atoms with Crippen LogP contribution in [0.1, 0.15) is 33.0 Å². The molecule has 2 amide bonds. The number of anilines is 1. The van der Waals surface area contributed by atoms with Crippen LogP contribution in [0.3, 0.4) is 0 Å². The van der Waals surface area contributed by atoms with E-state index in [2.05, 4.69) is 16.3 Å². The number of fused-ring (bicyclic) bond motifs is 1. The first-order valence-electron chi connectivity index (χ1n) is 7.94. The zero-order valence-electron chi connectivity index (χ0n) is 13.9. The van der Waals surface area contributed by atoms with Crippen LogP contribution in [0, 0.1) is 6.92 Å². The number of aryl methyl sites for hydroxylation is 1. The second-order valence-corrected chi connectivity index (χ2v) is 6.30. The third-order valence-electron chi connectivity index (χ3n) is 4.46. The van der Waals surface area contributed by atoms with Crippen molar-refractivity contribution in [2.45, 2.75) is 19.4 Å². The SMILES string of the molecule is Cc1cccc2c1C(C(=O)Nc1ccccc1C(N)=O)CN(C)C2. The Hall–Kier alpha value is -2.66. The highest BCUT2D eigenvalue weighted by Gasteiger charge is 2.30. The molecule has 1 heterocycles. The van der Waals surface area contributed by atoms with E-state index in [1.165, 1.54) is 5.56 Å². The zero-order chi connectivity index (χ0) is 17.3. The van der Waals surface area contributed by atoms with Crippen LogP contribution in [0.2, 0.25) is 0 Å². The highest BCUT2D eigenvalue weighted by atomic mass is 16.2. The number of amides is 2. The highest BCUT2D eigenvalue weighted by molar-refractivity contribution is 6.04. The van der Waals surface area contributed by atoms with Crippen molar-refractivity contribution in [3.63, 3.8) is 0 Å². The summed E-state index contributed by atoms with van der Waals surface area (Å²) < 4.78 is 0. The van der Waals surface area contributed by atoms with Crippen molar-refractivity contribution >= 4 is 17.5 Å². The average Bonchev–Trinajstić information content (AvgIpc) is 2.54. The fourth-order valence-electron chi connectivity index (χ4n) is 3.38. The van der Waals surface area contributed by atoms with Crippen LogP contribution in [0.4, 0.5) is 5.69 Å². The Kier molecular flexibility index (Phi) is 4.36. The Morgan fingerprint density at radius 3 is 2.67 bits per heavy atom. The highest BCUT2D eigenvalue weighted by Crippen LogP contribution is 2.31. The summed E-state index contributed by atoms with van der Waals surface area (Å²) in [6.45, 7) is 3.50. The Morgan fingerprint density at radius 1 is 1.17 bits per heavy atom. The maximum Gasteiger partial charge on any atom is 0.250 e. The first-order chi connectivity index (χ1) is 11.5. The number of para-hydroxylation sites is 1. The molecule has 0 fully saturated rings. The molecular weight excluding hydrogens is 302 g/mol.